The molecule has 0 bridgehead atoms. The normalized spacial score (nSPS) is 16.2. The van der Waals surface area contributed by atoms with Crippen molar-refractivity contribution in [1.82, 2.24) is 4.31 Å². The van der Waals surface area contributed by atoms with Crippen LogP contribution in [0.15, 0.2) is 53.4 Å². The SMILES string of the molecule is CN(c1ccc(S(=O)(=O)N2CCCCC2)cc1[N+](=O)[O-])C(CCO)c1ccccc1. The first-order chi connectivity index (χ1) is 14.4. The topological polar surface area (TPSA) is 104 Å². The number of rotatable bonds is 8. The molecule has 2 aromatic carbocycles. The maximum atomic E-state index is 13.0. The number of hydrogen-bond donors (Lipinski definition) is 1. The average molecular weight is 434 g/mol. The average Bonchev–Trinajstić information content (AvgIpc) is 2.77. The van der Waals surface area contributed by atoms with Crippen LogP contribution in [0.1, 0.15) is 37.3 Å². The van der Waals surface area contributed by atoms with Crippen LogP contribution in [0.4, 0.5) is 11.4 Å². The molecule has 0 amide bonds. The predicted octanol–water partition coefficient (Wildman–Crippen LogP) is 3.33. The van der Waals surface area contributed by atoms with E-state index in [2.05, 4.69) is 0 Å². The Balaban J connectivity index is 1.99. The molecule has 9 heteroatoms. The lowest BCUT2D eigenvalue weighted by atomic mass is 10.0. The first kappa shape index (κ1) is 22.2. The zero-order valence-electron chi connectivity index (χ0n) is 17.0. The lowest BCUT2D eigenvalue weighted by Gasteiger charge is -2.30. The fourth-order valence-corrected chi connectivity index (χ4v) is 5.45. The summed E-state index contributed by atoms with van der Waals surface area (Å²) < 4.78 is 27.3. The van der Waals surface area contributed by atoms with Gasteiger partial charge in [-0.1, -0.05) is 36.8 Å². The van der Waals surface area contributed by atoms with Crippen LogP contribution in [0, 0.1) is 10.1 Å². The molecule has 162 valence electrons. The third-order valence-corrected chi connectivity index (χ3v) is 7.43. The highest BCUT2D eigenvalue weighted by atomic mass is 32.2. The Morgan fingerprint density at radius 2 is 1.80 bits per heavy atom. The smallest absolute Gasteiger partial charge is 0.293 e. The van der Waals surface area contributed by atoms with Crippen LogP contribution in [0.2, 0.25) is 0 Å². The number of hydrogen-bond acceptors (Lipinski definition) is 6. The molecule has 1 atom stereocenters. The lowest BCUT2D eigenvalue weighted by molar-refractivity contribution is -0.384. The molecule has 8 nitrogen and oxygen atoms in total. The van der Waals surface area contributed by atoms with Gasteiger partial charge >= 0.3 is 0 Å². The number of aliphatic hydroxyl groups is 1. The summed E-state index contributed by atoms with van der Waals surface area (Å²) in [5.74, 6) is 0. The number of nitrogens with zero attached hydrogens (tertiary/aromatic N) is 3. The standard InChI is InChI=1S/C21H27N3O5S/c1-22(19(12-15-25)17-8-4-2-5-9-17)20-11-10-18(16-21(20)24(26)27)30(28,29)23-13-6-3-7-14-23/h2,4-5,8-11,16,19,25H,3,6-7,12-15H2,1H3. The van der Waals surface area contributed by atoms with Crippen LogP contribution < -0.4 is 4.90 Å². The number of nitro benzene ring substituents is 1. The fraction of sp³-hybridized carbons (Fsp3) is 0.429. The van der Waals surface area contributed by atoms with Crippen molar-refractivity contribution >= 4 is 21.4 Å². The number of nitro groups is 1. The molecule has 1 N–H and O–H groups in total. The predicted molar refractivity (Wildman–Crippen MR) is 115 cm³/mol. The van der Waals surface area contributed by atoms with Crippen molar-refractivity contribution in [2.24, 2.45) is 0 Å². The van der Waals surface area contributed by atoms with E-state index in [9.17, 15) is 23.6 Å². The molecule has 3 rings (SSSR count). The van der Waals surface area contributed by atoms with Gasteiger partial charge in [-0.15, -0.1) is 0 Å². The van der Waals surface area contributed by atoms with Crippen molar-refractivity contribution < 1.29 is 18.4 Å². The molecule has 1 unspecified atom stereocenters. The zero-order valence-corrected chi connectivity index (χ0v) is 17.8. The molecule has 0 aromatic heterocycles. The number of piperidine rings is 1. The molecular weight excluding hydrogens is 406 g/mol. The van der Waals surface area contributed by atoms with Crippen LogP contribution in [0.5, 0.6) is 0 Å². The van der Waals surface area contributed by atoms with Gasteiger partial charge in [0.1, 0.15) is 5.69 Å². The highest BCUT2D eigenvalue weighted by molar-refractivity contribution is 7.89. The van der Waals surface area contributed by atoms with Gasteiger partial charge in [0.25, 0.3) is 5.69 Å². The van der Waals surface area contributed by atoms with Crippen LogP contribution in [-0.4, -0.2) is 49.5 Å². The molecule has 2 aromatic rings. The van der Waals surface area contributed by atoms with Crippen LogP contribution in [-0.2, 0) is 10.0 Å². The first-order valence-corrected chi connectivity index (χ1v) is 11.5. The highest BCUT2D eigenvalue weighted by Gasteiger charge is 2.30. The summed E-state index contributed by atoms with van der Waals surface area (Å²) >= 11 is 0. The van der Waals surface area contributed by atoms with Crippen LogP contribution >= 0.6 is 0 Å². The van der Waals surface area contributed by atoms with Gasteiger partial charge in [0, 0.05) is 32.8 Å². The Kier molecular flexibility index (Phi) is 7.06. The molecule has 1 saturated heterocycles. The van der Waals surface area contributed by atoms with E-state index in [-0.39, 0.29) is 23.2 Å². The van der Waals surface area contributed by atoms with Gasteiger partial charge in [-0.25, -0.2) is 8.42 Å². The molecule has 1 aliphatic rings. The number of anilines is 1. The first-order valence-electron chi connectivity index (χ1n) is 10.0. The summed E-state index contributed by atoms with van der Waals surface area (Å²) in [6, 6.07) is 13.2. The van der Waals surface area contributed by atoms with Gasteiger partial charge in [0.05, 0.1) is 15.9 Å². The second kappa shape index (κ2) is 9.55. The Labute approximate surface area is 176 Å². The van der Waals surface area contributed by atoms with Gasteiger partial charge < -0.3 is 10.0 Å². The van der Waals surface area contributed by atoms with Crippen molar-refractivity contribution in [3.8, 4) is 0 Å². The van der Waals surface area contributed by atoms with Crippen LogP contribution in [0.25, 0.3) is 0 Å². The highest BCUT2D eigenvalue weighted by Crippen LogP contribution is 2.36. The van der Waals surface area contributed by atoms with Crippen molar-refractivity contribution in [1.29, 1.82) is 0 Å². The van der Waals surface area contributed by atoms with Crippen molar-refractivity contribution in [3.63, 3.8) is 0 Å². The largest absolute Gasteiger partial charge is 0.396 e. The molecule has 0 spiro atoms. The number of sulfonamides is 1. The summed E-state index contributed by atoms with van der Waals surface area (Å²) in [7, 11) is -2.06. The summed E-state index contributed by atoms with van der Waals surface area (Å²) in [4.78, 5) is 12.9. The molecule has 1 fully saturated rings. The molecule has 0 saturated carbocycles. The second-order valence-electron chi connectivity index (χ2n) is 7.42. The van der Waals surface area contributed by atoms with E-state index in [0.29, 0.717) is 25.2 Å². The molecular formula is C21H27N3O5S. The molecule has 1 aliphatic heterocycles. The zero-order chi connectivity index (χ0) is 21.7. The molecule has 0 aliphatic carbocycles. The van der Waals surface area contributed by atoms with Crippen molar-refractivity contribution in [2.75, 3.05) is 31.6 Å². The number of benzene rings is 2. The second-order valence-corrected chi connectivity index (χ2v) is 9.36. The Hall–Kier alpha value is -2.49. The quantitative estimate of drug-likeness (QED) is 0.506. The summed E-state index contributed by atoms with van der Waals surface area (Å²) in [6.45, 7) is 0.786. The van der Waals surface area contributed by atoms with Gasteiger partial charge in [0.2, 0.25) is 10.0 Å². The van der Waals surface area contributed by atoms with E-state index in [0.717, 1.165) is 30.9 Å². The molecule has 1 heterocycles. The van der Waals surface area contributed by atoms with Gasteiger partial charge in [0.15, 0.2) is 0 Å². The van der Waals surface area contributed by atoms with Gasteiger partial charge in [-0.05, 0) is 37.0 Å². The van der Waals surface area contributed by atoms with Gasteiger partial charge in [-0.3, -0.25) is 10.1 Å². The monoisotopic (exact) mass is 433 g/mol. The maximum Gasteiger partial charge on any atom is 0.293 e. The van der Waals surface area contributed by atoms with E-state index in [1.807, 2.05) is 30.3 Å². The maximum absolute atomic E-state index is 13.0. The molecule has 30 heavy (non-hydrogen) atoms. The van der Waals surface area contributed by atoms with Crippen LogP contribution in [0.3, 0.4) is 0 Å². The third-order valence-electron chi connectivity index (χ3n) is 5.53. The summed E-state index contributed by atoms with van der Waals surface area (Å²) in [6.07, 6.45) is 2.96. The minimum absolute atomic E-state index is 0.0633. The van der Waals surface area contributed by atoms with E-state index in [4.69, 9.17) is 0 Å². The van der Waals surface area contributed by atoms with Crippen molar-refractivity contribution in [2.45, 2.75) is 36.6 Å². The minimum atomic E-state index is -3.77. The van der Waals surface area contributed by atoms with Gasteiger partial charge in [-0.2, -0.15) is 4.31 Å². The number of aliphatic hydroxyl groups excluding tert-OH is 1. The fourth-order valence-electron chi connectivity index (χ4n) is 3.91. The van der Waals surface area contributed by atoms with E-state index in [1.165, 1.54) is 16.4 Å². The minimum Gasteiger partial charge on any atom is -0.396 e. The Bertz CT molecular complexity index is 975. The van der Waals surface area contributed by atoms with E-state index in [1.54, 1.807) is 11.9 Å². The summed E-state index contributed by atoms with van der Waals surface area (Å²) in [5.41, 5.74) is 0.947. The van der Waals surface area contributed by atoms with E-state index >= 15 is 0 Å². The molecule has 0 radical (unpaired) electrons. The Morgan fingerprint density at radius 1 is 1.13 bits per heavy atom. The van der Waals surface area contributed by atoms with E-state index < -0.39 is 14.9 Å². The lowest BCUT2D eigenvalue weighted by Crippen LogP contribution is -2.35. The summed E-state index contributed by atoms with van der Waals surface area (Å²) in [5, 5.41) is 21.3. The van der Waals surface area contributed by atoms with Crippen molar-refractivity contribution in [3.05, 3.63) is 64.2 Å². The Morgan fingerprint density at radius 3 is 2.40 bits per heavy atom. The third kappa shape index (κ3) is 4.63.